The Labute approximate surface area is 122 Å². The molecule has 3 saturated heterocycles. The van der Waals surface area contributed by atoms with Crippen molar-refractivity contribution in [3.63, 3.8) is 0 Å². The Morgan fingerprint density at radius 2 is 2.05 bits per heavy atom. The van der Waals surface area contributed by atoms with E-state index in [4.69, 9.17) is 10.5 Å². The van der Waals surface area contributed by atoms with E-state index in [0.717, 1.165) is 25.6 Å². The van der Waals surface area contributed by atoms with Gasteiger partial charge in [0, 0.05) is 55.7 Å². The number of hydrogen-bond acceptors (Lipinski definition) is 4. The number of hydrogen-bond donors (Lipinski definition) is 1. The molecule has 1 saturated carbocycles. The lowest BCUT2D eigenvalue weighted by Crippen LogP contribution is -2.78. The number of nitrogens with zero attached hydrogens (tertiary/aromatic N) is 2. The summed E-state index contributed by atoms with van der Waals surface area (Å²) in [4.78, 5) is 5.32. The summed E-state index contributed by atoms with van der Waals surface area (Å²) < 4.78 is 5.91. The number of ether oxygens (including phenoxy) is 1. The highest BCUT2D eigenvalue weighted by Crippen LogP contribution is 2.58. The van der Waals surface area contributed by atoms with Crippen molar-refractivity contribution < 1.29 is 4.74 Å². The maximum atomic E-state index is 6.90. The summed E-state index contributed by atoms with van der Waals surface area (Å²) in [5, 5.41) is 0. The third-order valence-corrected chi connectivity index (χ3v) is 6.82. The van der Waals surface area contributed by atoms with Gasteiger partial charge in [-0.15, -0.1) is 0 Å². The van der Waals surface area contributed by atoms with Gasteiger partial charge in [-0.3, -0.25) is 9.80 Å². The topological polar surface area (TPSA) is 41.7 Å². The van der Waals surface area contributed by atoms with Gasteiger partial charge in [0.25, 0.3) is 0 Å². The molecule has 4 nitrogen and oxygen atoms in total. The molecule has 0 radical (unpaired) electrons. The summed E-state index contributed by atoms with van der Waals surface area (Å²) in [6.45, 7) is 11.6. The van der Waals surface area contributed by atoms with E-state index in [1.54, 1.807) is 0 Å². The highest BCUT2D eigenvalue weighted by Gasteiger charge is 2.67. The molecule has 3 aliphatic heterocycles. The number of nitrogens with two attached hydrogens (primary N) is 1. The van der Waals surface area contributed by atoms with Gasteiger partial charge >= 0.3 is 0 Å². The van der Waals surface area contributed by atoms with Crippen molar-refractivity contribution in [3.8, 4) is 0 Å². The van der Waals surface area contributed by atoms with Gasteiger partial charge in [0.2, 0.25) is 0 Å². The molecule has 4 aliphatic rings. The molecule has 4 unspecified atom stereocenters. The first-order valence-electron chi connectivity index (χ1n) is 8.39. The zero-order valence-corrected chi connectivity index (χ0v) is 13.0. The van der Waals surface area contributed by atoms with Gasteiger partial charge in [0.1, 0.15) is 0 Å². The van der Waals surface area contributed by atoms with E-state index in [0.29, 0.717) is 12.0 Å². The Morgan fingerprint density at radius 3 is 2.90 bits per heavy atom. The standard InChI is InChI=1S/C16H29N3O/c1-15(2)14-13(5-9-20-14)16(15,17)11-18-7-8-19-6-3-4-12(19)10-18/h12-14H,3-11,17H2,1-2H3. The van der Waals surface area contributed by atoms with E-state index in [1.165, 1.54) is 39.0 Å². The van der Waals surface area contributed by atoms with Gasteiger partial charge in [0.15, 0.2) is 0 Å². The first-order chi connectivity index (χ1) is 9.52. The van der Waals surface area contributed by atoms with Crippen molar-refractivity contribution in [1.29, 1.82) is 0 Å². The Morgan fingerprint density at radius 1 is 1.20 bits per heavy atom. The van der Waals surface area contributed by atoms with E-state index in [1.807, 2.05) is 0 Å². The molecule has 4 atom stereocenters. The maximum absolute atomic E-state index is 6.90. The van der Waals surface area contributed by atoms with Crippen LogP contribution in [0.3, 0.4) is 0 Å². The summed E-state index contributed by atoms with van der Waals surface area (Å²) in [5.74, 6) is 0.583. The second kappa shape index (κ2) is 4.42. The van der Waals surface area contributed by atoms with Crippen LogP contribution in [-0.2, 0) is 4.74 Å². The zero-order valence-electron chi connectivity index (χ0n) is 13.0. The summed E-state index contributed by atoms with van der Waals surface area (Å²) in [5.41, 5.74) is 6.98. The van der Waals surface area contributed by atoms with Gasteiger partial charge in [-0.1, -0.05) is 13.8 Å². The van der Waals surface area contributed by atoms with Gasteiger partial charge in [-0.25, -0.2) is 0 Å². The zero-order chi connectivity index (χ0) is 14.0. The predicted molar refractivity (Wildman–Crippen MR) is 79.6 cm³/mol. The van der Waals surface area contributed by atoms with Crippen LogP contribution in [-0.4, -0.2) is 66.8 Å². The number of piperazine rings is 1. The van der Waals surface area contributed by atoms with Crippen LogP contribution in [0.15, 0.2) is 0 Å². The fraction of sp³-hybridized carbons (Fsp3) is 1.00. The Kier molecular flexibility index (Phi) is 2.98. The molecule has 114 valence electrons. The lowest BCUT2D eigenvalue weighted by Gasteiger charge is -2.64. The molecule has 4 heteroatoms. The van der Waals surface area contributed by atoms with E-state index in [-0.39, 0.29) is 11.0 Å². The Hall–Kier alpha value is -0.160. The molecule has 0 spiro atoms. The van der Waals surface area contributed by atoms with Crippen LogP contribution in [0.25, 0.3) is 0 Å². The molecule has 1 aliphatic carbocycles. The molecular formula is C16H29N3O. The Balaban J connectivity index is 1.46. The normalized spacial score (nSPS) is 47.9. The number of rotatable bonds is 2. The summed E-state index contributed by atoms with van der Waals surface area (Å²) >= 11 is 0. The van der Waals surface area contributed by atoms with E-state index >= 15 is 0 Å². The highest BCUT2D eigenvalue weighted by molar-refractivity contribution is 5.21. The maximum Gasteiger partial charge on any atom is 0.0691 e. The van der Waals surface area contributed by atoms with E-state index in [9.17, 15) is 0 Å². The fourth-order valence-electron chi connectivity index (χ4n) is 5.37. The van der Waals surface area contributed by atoms with Crippen molar-refractivity contribution in [1.82, 2.24) is 9.80 Å². The van der Waals surface area contributed by atoms with Crippen LogP contribution in [0.2, 0.25) is 0 Å². The first-order valence-corrected chi connectivity index (χ1v) is 8.39. The monoisotopic (exact) mass is 279 g/mol. The molecule has 0 amide bonds. The van der Waals surface area contributed by atoms with Crippen LogP contribution in [0, 0.1) is 11.3 Å². The predicted octanol–water partition coefficient (Wildman–Crippen LogP) is 0.909. The van der Waals surface area contributed by atoms with E-state index < -0.39 is 0 Å². The van der Waals surface area contributed by atoms with Gasteiger partial charge in [-0.05, 0) is 25.8 Å². The summed E-state index contributed by atoms with van der Waals surface area (Å²) in [6.07, 6.45) is 4.33. The average molecular weight is 279 g/mol. The lowest BCUT2D eigenvalue weighted by atomic mass is 9.48. The minimum atomic E-state index is -0.0467. The SMILES string of the molecule is CC1(C)C2OCCC2C1(N)CN1CCN2CCCC2C1. The quantitative estimate of drug-likeness (QED) is 0.816. The molecule has 2 N–H and O–H groups in total. The molecule has 3 heterocycles. The van der Waals surface area contributed by atoms with Gasteiger partial charge in [-0.2, -0.15) is 0 Å². The second-order valence-corrected chi connectivity index (χ2v) is 8.02. The summed E-state index contributed by atoms with van der Waals surface area (Å²) in [7, 11) is 0. The first kappa shape index (κ1) is 13.5. The Bertz CT molecular complexity index is 399. The number of fused-ring (bicyclic) bond motifs is 2. The summed E-state index contributed by atoms with van der Waals surface area (Å²) in [6, 6.07) is 0.797. The van der Waals surface area contributed by atoms with Crippen molar-refractivity contribution in [2.45, 2.75) is 50.8 Å². The van der Waals surface area contributed by atoms with Crippen molar-refractivity contribution >= 4 is 0 Å². The van der Waals surface area contributed by atoms with Crippen molar-refractivity contribution in [3.05, 3.63) is 0 Å². The minimum absolute atomic E-state index is 0.0467. The molecule has 0 bridgehead atoms. The van der Waals surface area contributed by atoms with E-state index in [2.05, 4.69) is 23.6 Å². The van der Waals surface area contributed by atoms with Gasteiger partial charge in [0.05, 0.1) is 6.10 Å². The molecule has 20 heavy (non-hydrogen) atoms. The fourth-order valence-corrected chi connectivity index (χ4v) is 5.37. The average Bonchev–Trinajstić information content (AvgIpc) is 3.06. The smallest absolute Gasteiger partial charge is 0.0691 e. The van der Waals surface area contributed by atoms with Crippen molar-refractivity contribution in [2.75, 3.05) is 39.3 Å². The molecule has 0 aromatic carbocycles. The molecule has 4 rings (SSSR count). The molecule has 0 aromatic rings. The van der Waals surface area contributed by atoms with Crippen LogP contribution >= 0.6 is 0 Å². The van der Waals surface area contributed by atoms with Crippen LogP contribution in [0.4, 0.5) is 0 Å². The van der Waals surface area contributed by atoms with Crippen molar-refractivity contribution in [2.24, 2.45) is 17.1 Å². The van der Waals surface area contributed by atoms with Crippen LogP contribution in [0.5, 0.6) is 0 Å². The highest BCUT2D eigenvalue weighted by atomic mass is 16.5. The molecule has 0 aromatic heterocycles. The second-order valence-electron chi connectivity index (χ2n) is 8.02. The van der Waals surface area contributed by atoms with Gasteiger partial charge < -0.3 is 10.5 Å². The van der Waals surface area contributed by atoms with Crippen LogP contribution in [0.1, 0.15) is 33.1 Å². The third-order valence-electron chi connectivity index (χ3n) is 6.82. The lowest BCUT2D eigenvalue weighted by molar-refractivity contribution is -0.165. The largest absolute Gasteiger partial charge is 0.377 e. The molecular weight excluding hydrogens is 250 g/mol. The minimum Gasteiger partial charge on any atom is -0.377 e. The molecule has 4 fully saturated rings. The van der Waals surface area contributed by atoms with Crippen LogP contribution < -0.4 is 5.73 Å². The third kappa shape index (κ3) is 1.68.